The van der Waals surface area contributed by atoms with Crippen LogP contribution in [-0.2, 0) is 5.75 Å². The third-order valence-electron chi connectivity index (χ3n) is 5.20. The number of aryl methyl sites for hydroxylation is 1. The Morgan fingerprint density at radius 3 is 2.52 bits per heavy atom. The molecular weight excluding hydrogens is 473 g/mol. The summed E-state index contributed by atoms with van der Waals surface area (Å²) in [5.41, 5.74) is 3.85. The first kappa shape index (κ1) is 21.8. The van der Waals surface area contributed by atoms with E-state index in [1.54, 1.807) is 10.6 Å². The number of halogens is 1. The van der Waals surface area contributed by atoms with Crippen molar-refractivity contribution < 1.29 is 4.39 Å². The molecule has 0 saturated heterocycles. The highest BCUT2D eigenvalue weighted by Crippen LogP contribution is 2.29. The number of rotatable bonds is 5. The minimum atomic E-state index is -0.289. The highest BCUT2D eigenvalue weighted by Gasteiger charge is 2.19. The van der Waals surface area contributed by atoms with E-state index in [1.165, 1.54) is 35.2 Å². The van der Waals surface area contributed by atoms with E-state index >= 15 is 0 Å². The fraction of sp³-hybridized carbons (Fsp3) is 0.0800. The Hall–Kier alpha value is -3.07. The molecule has 0 bridgehead atoms. The van der Waals surface area contributed by atoms with Gasteiger partial charge in [0.2, 0.25) is 0 Å². The highest BCUT2D eigenvalue weighted by molar-refractivity contribution is 7.98. The van der Waals surface area contributed by atoms with Gasteiger partial charge in [0, 0.05) is 5.75 Å². The lowest BCUT2D eigenvalue weighted by molar-refractivity contribution is 0.626. The summed E-state index contributed by atoms with van der Waals surface area (Å²) in [6, 6.07) is 23.8. The largest absolute Gasteiger partial charge is 0.278 e. The molecule has 0 N–H and O–H groups in total. The van der Waals surface area contributed by atoms with Crippen molar-refractivity contribution in [3.8, 4) is 11.4 Å². The quantitative estimate of drug-likeness (QED) is 0.156. The van der Waals surface area contributed by atoms with E-state index in [-0.39, 0.29) is 11.4 Å². The summed E-state index contributed by atoms with van der Waals surface area (Å²) in [6.45, 7) is 2.01. The van der Waals surface area contributed by atoms with Crippen molar-refractivity contribution in [2.75, 3.05) is 0 Å². The smallest absolute Gasteiger partial charge is 0.275 e. The molecule has 0 atom stereocenters. The molecule has 0 unspecified atom stereocenters. The van der Waals surface area contributed by atoms with E-state index in [1.807, 2.05) is 72.2 Å². The Labute approximate surface area is 203 Å². The number of aromatic nitrogens is 3. The number of thioether (sulfide) groups is 1. The molecule has 0 fully saturated rings. The van der Waals surface area contributed by atoms with Crippen molar-refractivity contribution in [3.63, 3.8) is 0 Å². The van der Waals surface area contributed by atoms with Crippen molar-refractivity contribution in [3.05, 3.63) is 110 Å². The second-order valence-corrected chi connectivity index (χ2v) is 10.0. The van der Waals surface area contributed by atoms with Crippen LogP contribution in [0.2, 0.25) is 0 Å². The van der Waals surface area contributed by atoms with Crippen molar-refractivity contribution in [2.45, 2.75) is 17.8 Å². The van der Waals surface area contributed by atoms with E-state index in [0.29, 0.717) is 25.2 Å². The molecule has 0 aliphatic carbocycles. The average Bonchev–Trinajstić information content (AvgIpc) is 3.15. The predicted molar refractivity (Wildman–Crippen MR) is 136 cm³/mol. The zero-order chi connectivity index (χ0) is 22.9. The summed E-state index contributed by atoms with van der Waals surface area (Å²) in [4.78, 5) is 18.6. The Kier molecular flexibility index (Phi) is 5.97. The number of thiazole rings is 1. The molecule has 0 amide bonds. The van der Waals surface area contributed by atoms with Gasteiger partial charge in [0.1, 0.15) is 10.5 Å². The Bertz CT molecular complexity index is 1590. The van der Waals surface area contributed by atoms with Crippen LogP contribution in [-0.4, -0.2) is 14.1 Å². The summed E-state index contributed by atoms with van der Waals surface area (Å²) >= 11 is 8.32. The number of hydrogen-bond donors (Lipinski definition) is 0. The minimum absolute atomic E-state index is 0.170. The molecule has 3 aromatic carbocycles. The number of hydrogen-bond acceptors (Lipinski definition) is 5. The van der Waals surface area contributed by atoms with Crippen LogP contribution in [0.3, 0.4) is 0 Å². The first-order valence-electron chi connectivity index (χ1n) is 10.2. The van der Waals surface area contributed by atoms with Crippen LogP contribution in [0.5, 0.6) is 0 Å². The van der Waals surface area contributed by atoms with Crippen molar-refractivity contribution in [1.82, 2.24) is 14.1 Å². The highest BCUT2D eigenvalue weighted by atomic mass is 32.2. The molecule has 4 nitrogen and oxygen atoms in total. The lowest BCUT2D eigenvalue weighted by Crippen LogP contribution is -2.21. The molecular formula is C25H18FN3OS3. The van der Waals surface area contributed by atoms with Crippen LogP contribution < -0.4 is 5.56 Å². The fourth-order valence-electron chi connectivity index (χ4n) is 3.64. The molecule has 2 heterocycles. The summed E-state index contributed by atoms with van der Waals surface area (Å²) in [5, 5.41) is 0.526. The van der Waals surface area contributed by atoms with E-state index in [9.17, 15) is 9.18 Å². The summed E-state index contributed by atoms with van der Waals surface area (Å²) in [7, 11) is 0. The van der Waals surface area contributed by atoms with Gasteiger partial charge in [-0.25, -0.2) is 9.37 Å². The minimum Gasteiger partial charge on any atom is -0.275 e. The second kappa shape index (κ2) is 9.05. The maximum absolute atomic E-state index is 13.7. The molecule has 8 heteroatoms. The van der Waals surface area contributed by atoms with Crippen LogP contribution in [0.1, 0.15) is 11.1 Å². The molecule has 2 aromatic heterocycles. The fourth-order valence-corrected chi connectivity index (χ4v) is 5.87. The lowest BCUT2D eigenvalue weighted by atomic mass is 10.2. The van der Waals surface area contributed by atoms with E-state index in [2.05, 4.69) is 0 Å². The van der Waals surface area contributed by atoms with Gasteiger partial charge in [-0.1, -0.05) is 71.6 Å². The van der Waals surface area contributed by atoms with Crippen LogP contribution in [0.4, 0.5) is 4.39 Å². The lowest BCUT2D eigenvalue weighted by Gasteiger charge is -2.13. The van der Waals surface area contributed by atoms with Crippen LogP contribution in [0.25, 0.3) is 21.7 Å². The van der Waals surface area contributed by atoms with Crippen LogP contribution >= 0.6 is 35.3 Å². The van der Waals surface area contributed by atoms with Gasteiger partial charge in [-0.2, -0.15) is 0 Å². The van der Waals surface area contributed by atoms with Gasteiger partial charge in [0.25, 0.3) is 5.56 Å². The summed E-state index contributed by atoms with van der Waals surface area (Å²) in [5.74, 6) is 0.181. The molecule has 0 radical (unpaired) electrons. The van der Waals surface area contributed by atoms with Gasteiger partial charge < -0.3 is 0 Å². The Morgan fingerprint density at radius 1 is 1.00 bits per heavy atom. The van der Waals surface area contributed by atoms with Gasteiger partial charge in [0.15, 0.2) is 14.8 Å². The second-order valence-electron chi connectivity index (χ2n) is 7.43. The van der Waals surface area contributed by atoms with Crippen molar-refractivity contribution >= 4 is 45.7 Å². The van der Waals surface area contributed by atoms with Gasteiger partial charge in [-0.05, 0) is 60.6 Å². The third-order valence-corrected chi connectivity index (χ3v) is 7.57. The third kappa shape index (κ3) is 4.17. The van der Waals surface area contributed by atoms with E-state index < -0.39 is 0 Å². The molecule has 0 aliphatic rings. The number of fused-ring (bicyclic) bond motifs is 1. The molecule has 0 aliphatic heterocycles. The zero-order valence-corrected chi connectivity index (χ0v) is 20.0. The van der Waals surface area contributed by atoms with Gasteiger partial charge in [-0.3, -0.25) is 13.9 Å². The molecule has 5 rings (SSSR count). The first-order valence-corrected chi connectivity index (χ1v) is 12.4. The molecule has 164 valence electrons. The Morgan fingerprint density at radius 2 is 1.76 bits per heavy atom. The van der Waals surface area contributed by atoms with E-state index in [0.717, 1.165) is 22.5 Å². The van der Waals surface area contributed by atoms with Gasteiger partial charge >= 0.3 is 0 Å². The number of para-hydroxylation sites is 2. The van der Waals surface area contributed by atoms with Crippen LogP contribution in [0.15, 0.2) is 88.8 Å². The van der Waals surface area contributed by atoms with Crippen molar-refractivity contribution in [1.29, 1.82) is 0 Å². The number of benzene rings is 3. The summed E-state index contributed by atoms with van der Waals surface area (Å²) < 4.78 is 18.2. The molecule has 5 aromatic rings. The Balaban J connectivity index is 1.74. The van der Waals surface area contributed by atoms with E-state index in [4.69, 9.17) is 17.2 Å². The predicted octanol–water partition coefficient (Wildman–Crippen LogP) is 6.71. The average molecular weight is 492 g/mol. The SMILES string of the molecule is Cc1ccccc1-n1c(=S)sc2c(=O)n(-c3ccccc3)c(SCc3cccc(F)c3)nc21. The monoisotopic (exact) mass is 491 g/mol. The first-order chi connectivity index (χ1) is 16.0. The maximum Gasteiger partial charge on any atom is 0.278 e. The normalized spacial score (nSPS) is 11.2. The molecule has 33 heavy (non-hydrogen) atoms. The molecule has 0 saturated carbocycles. The van der Waals surface area contributed by atoms with Crippen LogP contribution in [0, 0.1) is 16.7 Å². The van der Waals surface area contributed by atoms with Crippen molar-refractivity contribution in [2.24, 2.45) is 0 Å². The number of nitrogens with zero attached hydrogens (tertiary/aromatic N) is 3. The topological polar surface area (TPSA) is 39.8 Å². The standard InChI is InChI=1S/C25H18FN3OS3/c1-16-8-5-6-13-20(16)29-22-21(33-25(29)31)23(30)28(19-11-3-2-4-12-19)24(27-22)32-15-17-9-7-10-18(26)14-17/h2-14H,15H2,1H3. The van der Waals surface area contributed by atoms with Gasteiger partial charge in [0.05, 0.1) is 11.4 Å². The van der Waals surface area contributed by atoms with Gasteiger partial charge in [-0.15, -0.1) is 0 Å². The summed E-state index contributed by atoms with van der Waals surface area (Å²) in [6.07, 6.45) is 0. The molecule has 0 spiro atoms. The zero-order valence-electron chi connectivity index (χ0n) is 17.6. The maximum atomic E-state index is 13.7.